The van der Waals surface area contributed by atoms with Gasteiger partial charge in [-0.05, 0) is 75.4 Å². The van der Waals surface area contributed by atoms with Crippen molar-refractivity contribution in [1.82, 2.24) is 9.80 Å². The molecule has 44 heavy (non-hydrogen) atoms. The molecular formula is C33H45N3O6S2. The van der Waals surface area contributed by atoms with Crippen molar-refractivity contribution in [3.63, 3.8) is 0 Å². The molecule has 2 N–H and O–H groups in total. The van der Waals surface area contributed by atoms with Crippen molar-refractivity contribution in [2.24, 2.45) is 5.92 Å². The normalized spacial score (nSPS) is 21.3. The summed E-state index contributed by atoms with van der Waals surface area (Å²) in [7, 11) is -1.75. The van der Waals surface area contributed by atoms with Crippen molar-refractivity contribution >= 4 is 33.0 Å². The Hall–Kier alpha value is -2.96. The van der Waals surface area contributed by atoms with Gasteiger partial charge in [0.15, 0.2) is 0 Å². The number of carbonyl (C=O) groups is 1. The molecule has 2 heterocycles. The topological polar surface area (TPSA) is 108 Å². The van der Waals surface area contributed by atoms with Gasteiger partial charge in [-0.25, -0.2) is 8.42 Å². The number of amides is 1. The molecule has 0 fully saturated rings. The number of fused-ring (bicyclic) bond motifs is 1. The van der Waals surface area contributed by atoms with E-state index in [1.165, 1.54) is 17.7 Å². The van der Waals surface area contributed by atoms with Crippen molar-refractivity contribution in [2.75, 3.05) is 38.1 Å². The first-order chi connectivity index (χ1) is 21.1. The van der Waals surface area contributed by atoms with Crippen LogP contribution in [0.4, 0.5) is 5.69 Å². The van der Waals surface area contributed by atoms with Crippen LogP contribution >= 0.6 is 11.3 Å². The minimum atomic E-state index is -3.82. The number of hydrogen-bond donors (Lipinski definition) is 2. The van der Waals surface area contributed by atoms with E-state index in [4.69, 9.17) is 9.47 Å². The summed E-state index contributed by atoms with van der Waals surface area (Å²) < 4.78 is 41.4. The van der Waals surface area contributed by atoms with Gasteiger partial charge in [-0.1, -0.05) is 43.3 Å². The molecule has 0 saturated carbocycles. The van der Waals surface area contributed by atoms with Crippen molar-refractivity contribution in [1.29, 1.82) is 0 Å². The van der Waals surface area contributed by atoms with Gasteiger partial charge in [-0.3, -0.25) is 14.4 Å². The van der Waals surface area contributed by atoms with Crippen LogP contribution in [0.3, 0.4) is 0 Å². The minimum Gasteiger partial charge on any atom is -0.490 e. The lowest BCUT2D eigenvalue weighted by molar-refractivity contribution is -0.0177. The molecule has 1 aromatic heterocycles. The monoisotopic (exact) mass is 643 g/mol. The van der Waals surface area contributed by atoms with Crippen LogP contribution in [0.25, 0.3) is 0 Å². The van der Waals surface area contributed by atoms with Crippen molar-refractivity contribution in [3.8, 4) is 5.75 Å². The fraction of sp³-hybridized carbons (Fsp3) is 0.485. The number of rotatable bonds is 9. The number of likely N-dealkylation sites (N-methyl/N-ethyl adjacent to an activating group) is 1. The number of carbonyl (C=O) groups excluding carboxylic acids is 1. The number of nitrogens with zero attached hydrogens (tertiary/aromatic N) is 2. The van der Waals surface area contributed by atoms with Gasteiger partial charge in [0.25, 0.3) is 15.9 Å². The Labute approximate surface area is 265 Å². The molecule has 1 amide bonds. The molecule has 1 aliphatic rings. The Morgan fingerprint density at radius 1 is 1.11 bits per heavy atom. The van der Waals surface area contributed by atoms with Gasteiger partial charge >= 0.3 is 0 Å². The fourth-order valence-electron chi connectivity index (χ4n) is 5.34. The van der Waals surface area contributed by atoms with Gasteiger partial charge in [0.05, 0.1) is 30.4 Å². The summed E-state index contributed by atoms with van der Waals surface area (Å²) in [5.41, 5.74) is 1.72. The van der Waals surface area contributed by atoms with Crippen molar-refractivity contribution in [3.05, 3.63) is 77.2 Å². The molecule has 2 aromatic carbocycles. The number of hydrogen-bond acceptors (Lipinski definition) is 8. The van der Waals surface area contributed by atoms with E-state index in [0.717, 1.165) is 37.1 Å². The third-order valence-corrected chi connectivity index (χ3v) is 10.6. The smallest absolute Gasteiger partial charge is 0.271 e. The maximum atomic E-state index is 14.3. The molecule has 240 valence electrons. The van der Waals surface area contributed by atoms with E-state index in [1.54, 1.807) is 35.4 Å². The van der Waals surface area contributed by atoms with Gasteiger partial charge in [-0.2, -0.15) is 0 Å². The van der Waals surface area contributed by atoms with E-state index in [2.05, 4.69) is 35.7 Å². The molecule has 0 saturated heterocycles. The first kappa shape index (κ1) is 33.9. The predicted octanol–water partition coefficient (Wildman–Crippen LogP) is 5.48. The van der Waals surface area contributed by atoms with E-state index >= 15 is 0 Å². The Bertz CT molecular complexity index is 1430. The average molecular weight is 644 g/mol. The average Bonchev–Trinajstić information content (AvgIpc) is 3.55. The number of nitrogens with one attached hydrogen (secondary N) is 1. The van der Waals surface area contributed by atoms with Crippen LogP contribution in [0.1, 0.15) is 56.0 Å². The Morgan fingerprint density at radius 2 is 1.89 bits per heavy atom. The summed E-state index contributed by atoms with van der Waals surface area (Å²) in [6, 6.07) is 17.8. The second-order valence-electron chi connectivity index (χ2n) is 11.7. The third-order valence-electron chi connectivity index (χ3n) is 7.85. The van der Waals surface area contributed by atoms with Crippen LogP contribution in [-0.2, 0) is 21.3 Å². The third kappa shape index (κ3) is 9.28. The van der Waals surface area contributed by atoms with Crippen LogP contribution < -0.4 is 9.46 Å². The highest BCUT2D eigenvalue weighted by Gasteiger charge is 2.30. The van der Waals surface area contributed by atoms with Crippen molar-refractivity contribution < 1.29 is 27.8 Å². The second kappa shape index (κ2) is 15.9. The number of thiophene rings is 1. The lowest BCUT2D eigenvalue weighted by Gasteiger charge is -2.36. The van der Waals surface area contributed by atoms with Gasteiger partial charge in [0.1, 0.15) is 9.96 Å². The summed E-state index contributed by atoms with van der Waals surface area (Å²) in [6.07, 6.45) is 2.23. The molecule has 9 nitrogen and oxygen atoms in total. The summed E-state index contributed by atoms with van der Waals surface area (Å²) in [4.78, 5) is 18.2. The van der Waals surface area contributed by atoms with Crippen molar-refractivity contribution in [2.45, 2.75) is 69.0 Å². The number of ether oxygens (including phenoxy) is 2. The van der Waals surface area contributed by atoms with Crippen LogP contribution in [0, 0.1) is 5.92 Å². The Balaban J connectivity index is 1.63. The van der Waals surface area contributed by atoms with Crippen LogP contribution in [0.5, 0.6) is 5.75 Å². The predicted molar refractivity (Wildman–Crippen MR) is 175 cm³/mol. The summed E-state index contributed by atoms with van der Waals surface area (Å²) >= 11 is 1.12. The second-order valence-corrected chi connectivity index (χ2v) is 14.6. The quantitative estimate of drug-likeness (QED) is 0.318. The molecule has 1 aliphatic heterocycles. The number of aliphatic hydroxyl groups excluding tert-OH is 1. The number of sulfonamides is 1. The molecule has 4 atom stereocenters. The molecule has 0 radical (unpaired) electrons. The SMILES string of the molecule is C[C@@H]1CCCCO[C@H](CN(C)Cc2ccccc2)[C@H](C)CN([C@H](C)CO)C(=O)c2cc(NS(=O)(=O)c3cccs3)ccc2O1. The minimum absolute atomic E-state index is 0.0575. The zero-order valence-corrected chi connectivity index (χ0v) is 27.6. The summed E-state index contributed by atoms with van der Waals surface area (Å²) in [6.45, 7) is 8.01. The molecule has 0 spiro atoms. The van der Waals surface area contributed by atoms with Crippen LogP contribution in [0.2, 0.25) is 0 Å². The number of anilines is 1. The van der Waals surface area contributed by atoms with E-state index in [-0.39, 0.29) is 46.1 Å². The lowest BCUT2D eigenvalue weighted by atomic mass is 10.0. The number of benzene rings is 2. The van der Waals surface area contributed by atoms with Crippen LogP contribution in [0.15, 0.2) is 70.3 Å². The van der Waals surface area contributed by atoms with Gasteiger partial charge < -0.3 is 19.5 Å². The molecule has 4 rings (SSSR count). The Kier molecular flexibility index (Phi) is 12.2. The lowest BCUT2D eigenvalue weighted by Crippen LogP contribution is -2.47. The molecule has 3 aromatic rings. The molecule has 0 unspecified atom stereocenters. The molecular weight excluding hydrogens is 599 g/mol. The van der Waals surface area contributed by atoms with E-state index in [9.17, 15) is 18.3 Å². The highest BCUT2D eigenvalue weighted by atomic mass is 32.2. The summed E-state index contributed by atoms with van der Waals surface area (Å²) in [5.74, 6) is -0.0130. The van der Waals surface area contributed by atoms with E-state index in [0.29, 0.717) is 25.4 Å². The first-order valence-corrected chi connectivity index (χ1v) is 17.6. The van der Waals surface area contributed by atoms with Gasteiger partial charge in [-0.15, -0.1) is 11.3 Å². The Morgan fingerprint density at radius 3 is 2.59 bits per heavy atom. The van der Waals surface area contributed by atoms with Crippen LogP contribution in [-0.4, -0.2) is 80.8 Å². The van der Waals surface area contributed by atoms with Gasteiger partial charge in [0.2, 0.25) is 0 Å². The maximum Gasteiger partial charge on any atom is 0.271 e. The maximum absolute atomic E-state index is 14.3. The zero-order chi connectivity index (χ0) is 31.7. The standard InChI is InChI=1S/C33H45N3O6S2/c1-24-20-36(25(2)23-37)33(38)29-19-28(34-44(39,40)32-14-10-18-43-32)15-16-30(29)42-26(3)11-8-9-17-41-31(24)22-35(4)21-27-12-6-5-7-13-27/h5-7,10,12-16,18-19,24-26,31,34,37H,8-9,11,17,20-23H2,1-4H3/t24-,25-,26-,31-/m1/s1. The number of aliphatic hydroxyl groups is 1. The van der Waals surface area contributed by atoms with E-state index < -0.39 is 16.1 Å². The zero-order valence-electron chi connectivity index (χ0n) is 26.0. The van der Waals surface area contributed by atoms with Gasteiger partial charge in [0, 0.05) is 37.8 Å². The van der Waals surface area contributed by atoms with E-state index in [1.807, 2.05) is 25.1 Å². The molecule has 0 aliphatic carbocycles. The summed E-state index contributed by atoms with van der Waals surface area (Å²) in [5, 5.41) is 11.9. The molecule has 0 bridgehead atoms. The fourth-order valence-corrected chi connectivity index (χ4v) is 7.38. The first-order valence-electron chi connectivity index (χ1n) is 15.2. The molecule has 11 heteroatoms. The highest BCUT2D eigenvalue weighted by Crippen LogP contribution is 2.30. The largest absolute Gasteiger partial charge is 0.490 e. The highest BCUT2D eigenvalue weighted by molar-refractivity contribution is 7.94.